The first-order valence-electron chi connectivity index (χ1n) is 2.97. The molecule has 10 heavy (non-hydrogen) atoms. The molecule has 4 heteroatoms. The summed E-state index contributed by atoms with van der Waals surface area (Å²) in [6.45, 7) is 5.08. The Balaban J connectivity index is 3.64. The Morgan fingerprint density at radius 2 is 2.00 bits per heavy atom. The fourth-order valence-electron chi connectivity index (χ4n) is 0.304. The summed E-state index contributed by atoms with van der Waals surface area (Å²) in [6.07, 6.45) is 0. The maximum absolute atomic E-state index is 10.9. The summed E-state index contributed by atoms with van der Waals surface area (Å²) in [4.78, 5) is 14.9. The fourth-order valence-corrected chi connectivity index (χ4v) is 0.304. The molecule has 4 nitrogen and oxygen atoms in total. The van der Waals surface area contributed by atoms with Crippen LogP contribution < -0.4 is 5.90 Å². The molecule has 0 atom stereocenters. The van der Waals surface area contributed by atoms with E-state index in [1.165, 1.54) is 0 Å². The molecule has 0 rings (SSSR count). The van der Waals surface area contributed by atoms with Gasteiger partial charge in [0.05, 0.1) is 5.41 Å². The van der Waals surface area contributed by atoms with Gasteiger partial charge in [-0.1, -0.05) is 0 Å². The van der Waals surface area contributed by atoms with Gasteiger partial charge in [-0.05, 0) is 20.8 Å². The van der Waals surface area contributed by atoms with Crippen LogP contribution in [-0.4, -0.2) is 12.8 Å². The summed E-state index contributed by atoms with van der Waals surface area (Å²) >= 11 is 0. The van der Waals surface area contributed by atoms with Gasteiger partial charge < -0.3 is 4.74 Å². The minimum atomic E-state index is -0.488. The van der Waals surface area contributed by atoms with Crippen LogP contribution in [-0.2, 0) is 14.4 Å². The van der Waals surface area contributed by atoms with Crippen molar-refractivity contribution in [3.63, 3.8) is 0 Å². The van der Waals surface area contributed by atoms with Crippen molar-refractivity contribution in [3.05, 3.63) is 0 Å². The van der Waals surface area contributed by atoms with E-state index in [0.29, 0.717) is 0 Å². The van der Waals surface area contributed by atoms with Crippen molar-refractivity contribution >= 4 is 5.97 Å². The van der Waals surface area contributed by atoms with Crippen LogP contribution in [0.15, 0.2) is 0 Å². The molecule has 0 spiro atoms. The van der Waals surface area contributed by atoms with Gasteiger partial charge in [-0.3, -0.25) is 9.63 Å². The SMILES string of the molecule is CC(C)(C)C(=O)OCON. The molecule has 0 unspecified atom stereocenters. The van der Waals surface area contributed by atoms with Crippen molar-refractivity contribution < 1.29 is 14.4 Å². The predicted octanol–water partition coefficient (Wildman–Crippen LogP) is 0.424. The van der Waals surface area contributed by atoms with Crippen molar-refractivity contribution in [2.75, 3.05) is 6.79 Å². The molecule has 2 N–H and O–H groups in total. The van der Waals surface area contributed by atoms with Gasteiger partial charge in [-0.2, -0.15) is 0 Å². The zero-order valence-electron chi connectivity index (χ0n) is 6.51. The van der Waals surface area contributed by atoms with Crippen LogP contribution in [0.3, 0.4) is 0 Å². The van der Waals surface area contributed by atoms with Gasteiger partial charge in [0.1, 0.15) is 0 Å². The minimum absolute atomic E-state index is 0.184. The van der Waals surface area contributed by atoms with E-state index in [4.69, 9.17) is 0 Å². The van der Waals surface area contributed by atoms with Gasteiger partial charge in [-0.15, -0.1) is 0 Å². The molecule has 0 aliphatic rings. The van der Waals surface area contributed by atoms with Crippen LogP contribution in [0.5, 0.6) is 0 Å². The average Bonchev–Trinajstić information content (AvgIpc) is 1.80. The van der Waals surface area contributed by atoms with Crippen LogP contribution >= 0.6 is 0 Å². The zero-order chi connectivity index (χ0) is 8.20. The maximum Gasteiger partial charge on any atom is 0.313 e. The summed E-state index contributed by atoms with van der Waals surface area (Å²) in [6, 6.07) is 0. The van der Waals surface area contributed by atoms with Gasteiger partial charge in [0.15, 0.2) is 0 Å². The minimum Gasteiger partial charge on any atom is -0.436 e. The Bertz CT molecular complexity index is 117. The number of hydrogen-bond acceptors (Lipinski definition) is 4. The van der Waals surface area contributed by atoms with Crippen LogP contribution in [0.1, 0.15) is 20.8 Å². The summed E-state index contributed by atoms with van der Waals surface area (Å²) < 4.78 is 4.57. The van der Waals surface area contributed by atoms with E-state index in [-0.39, 0.29) is 12.8 Å². The highest BCUT2D eigenvalue weighted by Gasteiger charge is 2.22. The van der Waals surface area contributed by atoms with Crippen LogP contribution in [0.25, 0.3) is 0 Å². The third-order valence-corrected chi connectivity index (χ3v) is 0.870. The molecule has 0 aliphatic carbocycles. The fraction of sp³-hybridized carbons (Fsp3) is 0.833. The number of ether oxygens (including phenoxy) is 1. The molecule has 0 heterocycles. The molecule has 0 amide bonds. The molecular formula is C6H13NO3. The molecular weight excluding hydrogens is 134 g/mol. The lowest BCUT2D eigenvalue weighted by Gasteiger charge is -2.15. The second-order valence-corrected chi connectivity index (χ2v) is 2.97. The van der Waals surface area contributed by atoms with Crippen molar-refractivity contribution in [1.82, 2.24) is 0 Å². The number of carbonyl (C=O) groups is 1. The molecule has 0 aliphatic heterocycles. The lowest BCUT2D eigenvalue weighted by atomic mass is 9.98. The maximum atomic E-state index is 10.9. The van der Waals surface area contributed by atoms with Crippen molar-refractivity contribution in [1.29, 1.82) is 0 Å². The van der Waals surface area contributed by atoms with Crippen molar-refractivity contribution in [3.8, 4) is 0 Å². The van der Waals surface area contributed by atoms with Crippen LogP contribution in [0.2, 0.25) is 0 Å². The standard InChI is InChI=1S/C6H13NO3/c1-6(2,3)5(8)9-4-10-7/h4,7H2,1-3H3. The van der Waals surface area contributed by atoms with Gasteiger partial charge in [0.25, 0.3) is 0 Å². The molecule has 0 saturated heterocycles. The Hall–Kier alpha value is -0.610. The topological polar surface area (TPSA) is 61.5 Å². The molecule has 60 valence electrons. The summed E-state index contributed by atoms with van der Waals surface area (Å²) in [5.41, 5.74) is -0.488. The lowest BCUT2D eigenvalue weighted by molar-refractivity contribution is -0.166. The number of rotatable bonds is 2. The van der Waals surface area contributed by atoms with Crippen molar-refractivity contribution in [2.24, 2.45) is 11.3 Å². The Morgan fingerprint density at radius 1 is 1.50 bits per heavy atom. The van der Waals surface area contributed by atoms with E-state index < -0.39 is 5.41 Å². The highest BCUT2D eigenvalue weighted by Crippen LogP contribution is 2.14. The monoisotopic (exact) mass is 147 g/mol. The Kier molecular flexibility index (Phi) is 3.32. The Labute approximate surface area is 60.2 Å². The van der Waals surface area contributed by atoms with Crippen molar-refractivity contribution in [2.45, 2.75) is 20.8 Å². The largest absolute Gasteiger partial charge is 0.436 e. The summed E-state index contributed by atoms with van der Waals surface area (Å²) in [7, 11) is 0. The first-order valence-corrected chi connectivity index (χ1v) is 2.97. The second-order valence-electron chi connectivity index (χ2n) is 2.97. The van der Waals surface area contributed by atoms with Gasteiger partial charge >= 0.3 is 5.97 Å². The highest BCUT2D eigenvalue weighted by atomic mass is 16.7. The van der Waals surface area contributed by atoms with E-state index >= 15 is 0 Å². The first-order chi connectivity index (χ1) is 4.48. The first kappa shape index (κ1) is 9.39. The quantitative estimate of drug-likeness (QED) is 0.349. The second kappa shape index (κ2) is 3.53. The zero-order valence-corrected chi connectivity index (χ0v) is 6.51. The van der Waals surface area contributed by atoms with Gasteiger partial charge in [0, 0.05) is 0 Å². The number of esters is 1. The normalized spacial score (nSPS) is 11.2. The molecule has 0 aromatic heterocycles. The van der Waals surface area contributed by atoms with E-state index in [1.807, 2.05) is 0 Å². The summed E-state index contributed by atoms with van der Waals surface area (Å²) in [5.74, 6) is 4.32. The smallest absolute Gasteiger partial charge is 0.313 e. The molecule has 0 radical (unpaired) electrons. The van der Waals surface area contributed by atoms with Gasteiger partial charge in [0.2, 0.25) is 6.79 Å². The number of carbonyl (C=O) groups excluding carboxylic acids is 1. The van der Waals surface area contributed by atoms with E-state index in [0.717, 1.165) is 0 Å². The molecule has 0 bridgehead atoms. The van der Waals surface area contributed by atoms with E-state index in [1.54, 1.807) is 20.8 Å². The highest BCUT2D eigenvalue weighted by molar-refractivity contribution is 5.75. The predicted molar refractivity (Wildman–Crippen MR) is 35.7 cm³/mol. The van der Waals surface area contributed by atoms with Crippen LogP contribution in [0, 0.1) is 5.41 Å². The molecule has 0 aromatic carbocycles. The number of nitrogens with two attached hydrogens (primary N) is 1. The third-order valence-electron chi connectivity index (χ3n) is 0.870. The molecule has 0 aromatic rings. The lowest BCUT2D eigenvalue weighted by Crippen LogP contribution is -2.24. The van der Waals surface area contributed by atoms with Crippen LogP contribution in [0.4, 0.5) is 0 Å². The van der Waals surface area contributed by atoms with E-state index in [2.05, 4.69) is 15.5 Å². The average molecular weight is 147 g/mol. The molecule has 0 saturated carbocycles. The summed E-state index contributed by atoms with van der Waals surface area (Å²) in [5, 5.41) is 0. The third kappa shape index (κ3) is 3.42. The van der Waals surface area contributed by atoms with E-state index in [9.17, 15) is 4.79 Å². The van der Waals surface area contributed by atoms with Gasteiger partial charge in [-0.25, -0.2) is 5.90 Å². The number of hydrogen-bond donors (Lipinski definition) is 1. The Morgan fingerprint density at radius 3 is 2.30 bits per heavy atom. The molecule has 0 fully saturated rings.